The molecule has 4 heteroatoms. The summed E-state index contributed by atoms with van der Waals surface area (Å²) >= 11 is 1.62. The second-order valence-electron chi connectivity index (χ2n) is 2.46. The van der Waals surface area contributed by atoms with E-state index < -0.39 is 0 Å². The van der Waals surface area contributed by atoms with Gasteiger partial charge in [-0.1, -0.05) is 18.2 Å². The molecule has 0 heterocycles. The fraction of sp³-hybridized carbons (Fsp3) is 0.300. The van der Waals surface area contributed by atoms with Gasteiger partial charge >= 0.3 is 0 Å². The van der Waals surface area contributed by atoms with Gasteiger partial charge in [-0.2, -0.15) is 0 Å². The van der Waals surface area contributed by atoms with E-state index in [1.54, 1.807) is 11.8 Å². The smallest absolute Gasteiger partial charge is 0.190 e. The highest BCUT2D eigenvalue weighted by Gasteiger charge is 1.97. The molecule has 0 fully saturated rings. The van der Waals surface area contributed by atoms with Crippen LogP contribution in [-0.2, 0) is 4.74 Å². The molecule has 0 atom stereocenters. The molecule has 1 aromatic carbocycles. The predicted octanol–water partition coefficient (Wildman–Crippen LogP) is 3.21. The molecule has 1 N–H and O–H groups in total. The van der Waals surface area contributed by atoms with E-state index in [0.29, 0.717) is 18.3 Å². The maximum absolute atomic E-state index is 7.39. The van der Waals surface area contributed by atoms with Crippen molar-refractivity contribution in [2.75, 3.05) is 12.4 Å². The zero-order valence-corrected chi connectivity index (χ0v) is 9.66. The van der Waals surface area contributed by atoms with E-state index in [1.165, 1.54) is 4.90 Å². The minimum absolute atomic E-state index is 0. The number of nitrogens with one attached hydrogen (secondary N) is 1. The molecule has 1 aromatic rings. The molecule has 1 rings (SSSR count). The SMILES string of the molecule is CCOC(=N)CSc1ccccc1.Cl. The summed E-state index contributed by atoms with van der Waals surface area (Å²) < 4.78 is 5.03. The highest BCUT2D eigenvalue weighted by molar-refractivity contribution is 8.00. The Bertz CT molecular complexity index is 266. The number of hydrogen-bond acceptors (Lipinski definition) is 3. The molecule has 0 saturated carbocycles. The molecule has 2 nitrogen and oxygen atoms in total. The van der Waals surface area contributed by atoms with Crippen LogP contribution in [0.1, 0.15) is 6.92 Å². The van der Waals surface area contributed by atoms with Gasteiger partial charge in [0.15, 0.2) is 5.90 Å². The van der Waals surface area contributed by atoms with Crippen molar-refractivity contribution in [2.45, 2.75) is 11.8 Å². The summed E-state index contributed by atoms with van der Waals surface area (Å²) in [6, 6.07) is 10.0. The van der Waals surface area contributed by atoms with Crippen LogP contribution in [0.5, 0.6) is 0 Å². The number of ether oxygens (including phenoxy) is 1. The van der Waals surface area contributed by atoms with E-state index in [0.717, 1.165) is 0 Å². The Hall–Kier alpha value is -0.670. The van der Waals surface area contributed by atoms with Gasteiger partial charge in [0.1, 0.15) is 0 Å². The zero-order valence-electron chi connectivity index (χ0n) is 8.03. The first-order chi connectivity index (χ1) is 6.33. The molecule has 0 aliphatic heterocycles. The Balaban J connectivity index is 0.00000169. The summed E-state index contributed by atoms with van der Waals surface area (Å²) in [6.07, 6.45) is 0. The van der Waals surface area contributed by atoms with E-state index in [2.05, 4.69) is 0 Å². The van der Waals surface area contributed by atoms with Gasteiger partial charge in [-0.15, -0.1) is 24.2 Å². The molecule has 78 valence electrons. The molecule has 0 aliphatic rings. The van der Waals surface area contributed by atoms with Crippen LogP contribution in [0.15, 0.2) is 35.2 Å². The van der Waals surface area contributed by atoms with Crippen molar-refractivity contribution >= 4 is 30.1 Å². The number of halogens is 1. The Morgan fingerprint density at radius 1 is 1.36 bits per heavy atom. The average molecular weight is 232 g/mol. The van der Waals surface area contributed by atoms with Crippen LogP contribution in [-0.4, -0.2) is 18.3 Å². The standard InChI is InChI=1S/C10H13NOS.ClH/c1-2-12-10(11)8-13-9-6-4-3-5-7-9;/h3-7,11H,2,8H2,1H3;1H. The van der Waals surface area contributed by atoms with Gasteiger partial charge in [-0.05, 0) is 19.1 Å². The van der Waals surface area contributed by atoms with E-state index in [9.17, 15) is 0 Å². The molecule has 0 spiro atoms. The van der Waals surface area contributed by atoms with Crippen LogP contribution in [0.25, 0.3) is 0 Å². The monoisotopic (exact) mass is 231 g/mol. The first-order valence-electron chi connectivity index (χ1n) is 4.21. The third-order valence-electron chi connectivity index (χ3n) is 1.43. The molecule has 0 saturated heterocycles. The molecule has 0 aliphatic carbocycles. The van der Waals surface area contributed by atoms with Crippen molar-refractivity contribution in [3.8, 4) is 0 Å². The highest BCUT2D eigenvalue weighted by atomic mass is 35.5. The number of rotatable bonds is 4. The zero-order chi connectivity index (χ0) is 9.52. The van der Waals surface area contributed by atoms with E-state index in [1.807, 2.05) is 37.3 Å². The minimum atomic E-state index is 0. The fourth-order valence-corrected chi connectivity index (χ4v) is 1.61. The van der Waals surface area contributed by atoms with Crippen LogP contribution in [0, 0.1) is 5.41 Å². The van der Waals surface area contributed by atoms with Crippen LogP contribution >= 0.6 is 24.2 Å². The second kappa shape index (κ2) is 7.71. The molecule has 14 heavy (non-hydrogen) atoms. The quantitative estimate of drug-likeness (QED) is 0.490. The lowest BCUT2D eigenvalue weighted by molar-refractivity contribution is 0.322. The molecule has 0 radical (unpaired) electrons. The van der Waals surface area contributed by atoms with Crippen molar-refractivity contribution in [2.24, 2.45) is 0 Å². The third-order valence-corrected chi connectivity index (χ3v) is 2.44. The maximum Gasteiger partial charge on any atom is 0.190 e. The van der Waals surface area contributed by atoms with Gasteiger partial charge < -0.3 is 4.74 Å². The van der Waals surface area contributed by atoms with E-state index in [4.69, 9.17) is 10.1 Å². The Labute approximate surface area is 95.0 Å². The number of thioether (sulfide) groups is 1. The van der Waals surface area contributed by atoms with Crippen LogP contribution in [0.2, 0.25) is 0 Å². The first kappa shape index (κ1) is 13.3. The highest BCUT2D eigenvalue weighted by Crippen LogP contribution is 2.16. The lowest BCUT2D eigenvalue weighted by atomic mass is 10.4. The van der Waals surface area contributed by atoms with Crippen molar-refractivity contribution < 1.29 is 4.74 Å². The maximum atomic E-state index is 7.39. The third kappa shape index (κ3) is 5.14. The summed E-state index contributed by atoms with van der Waals surface area (Å²) in [5.41, 5.74) is 0. The molecular weight excluding hydrogens is 218 g/mol. The van der Waals surface area contributed by atoms with Crippen molar-refractivity contribution in [1.29, 1.82) is 5.41 Å². The fourth-order valence-electron chi connectivity index (χ4n) is 0.881. The normalized spacial score (nSPS) is 8.93. The van der Waals surface area contributed by atoms with Crippen LogP contribution < -0.4 is 0 Å². The van der Waals surface area contributed by atoms with Gasteiger partial charge in [-0.3, -0.25) is 5.41 Å². The lowest BCUT2D eigenvalue weighted by Crippen LogP contribution is -2.05. The first-order valence-corrected chi connectivity index (χ1v) is 5.19. The molecular formula is C10H14ClNOS. The Morgan fingerprint density at radius 2 is 2.00 bits per heavy atom. The van der Waals surface area contributed by atoms with Gasteiger partial charge in [-0.25, -0.2) is 0 Å². The summed E-state index contributed by atoms with van der Waals surface area (Å²) in [5.74, 6) is 0.953. The van der Waals surface area contributed by atoms with E-state index >= 15 is 0 Å². The van der Waals surface area contributed by atoms with Gasteiger partial charge in [0.25, 0.3) is 0 Å². The van der Waals surface area contributed by atoms with Gasteiger partial charge in [0.2, 0.25) is 0 Å². The van der Waals surface area contributed by atoms with Crippen LogP contribution in [0.3, 0.4) is 0 Å². The van der Waals surface area contributed by atoms with Gasteiger partial charge in [0, 0.05) is 4.90 Å². The number of benzene rings is 1. The minimum Gasteiger partial charge on any atom is -0.481 e. The largest absolute Gasteiger partial charge is 0.481 e. The molecule has 0 aromatic heterocycles. The van der Waals surface area contributed by atoms with Crippen molar-refractivity contribution in [1.82, 2.24) is 0 Å². The topological polar surface area (TPSA) is 33.1 Å². The Morgan fingerprint density at radius 3 is 2.57 bits per heavy atom. The number of hydrogen-bond donors (Lipinski definition) is 1. The molecule has 0 bridgehead atoms. The summed E-state index contributed by atoms with van der Waals surface area (Å²) in [4.78, 5) is 1.17. The van der Waals surface area contributed by atoms with Gasteiger partial charge in [0.05, 0.1) is 12.4 Å². The van der Waals surface area contributed by atoms with Crippen molar-refractivity contribution in [3.63, 3.8) is 0 Å². The van der Waals surface area contributed by atoms with Crippen molar-refractivity contribution in [3.05, 3.63) is 30.3 Å². The molecule has 0 amide bonds. The average Bonchev–Trinajstić information content (AvgIpc) is 2.17. The summed E-state index contributed by atoms with van der Waals surface area (Å²) in [5, 5.41) is 7.39. The predicted molar refractivity (Wildman–Crippen MR) is 63.8 cm³/mol. The van der Waals surface area contributed by atoms with E-state index in [-0.39, 0.29) is 12.4 Å². The second-order valence-corrected chi connectivity index (χ2v) is 3.51. The molecule has 0 unspecified atom stereocenters. The summed E-state index contributed by atoms with van der Waals surface area (Å²) in [6.45, 7) is 2.47. The Kier molecular flexibility index (Phi) is 7.34. The lowest BCUT2D eigenvalue weighted by Gasteiger charge is -2.03. The van der Waals surface area contributed by atoms with Crippen LogP contribution in [0.4, 0.5) is 0 Å². The summed E-state index contributed by atoms with van der Waals surface area (Å²) in [7, 11) is 0.